The van der Waals surface area contributed by atoms with Gasteiger partial charge < -0.3 is 9.73 Å². The molecule has 7 heteroatoms. The summed E-state index contributed by atoms with van der Waals surface area (Å²) in [6.07, 6.45) is 2.93. The SMILES string of the molecule is CC(NC1CCN(S(C)(=O)=O)CC1)c1ccc(Br)o1. The number of halogens is 1. The van der Waals surface area contributed by atoms with Crippen LogP contribution < -0.4 is 5.32 Å². The second-order valence-electron chi connectivity index (χ2n) is 4.97. The first-order valence-corrected chi connectivity index (χ1v) is 8.97. The van der Waals surface area contributed by atoms with Crippen LogP contribution in [0.2, 0.25) is 0 Å². The number of hydrogen-bond donors (Lipinski definition) is 1. The van der Waals surface area contributed by atoms with Crippen molar-refractivity contribution in [3.63, 3.8) is 0 Å². The number of nitrogens with zero attached hydrogens (tertiary/aromatic N) is 1. The minimum absolute atomic E-state index is 0.126. The summed E-state index contributed by atoms with van der Waals surface area (Å²) in [6, 6.07) is 4.27. The topological polar surface area (TPSA) is 62.6 Å². The summed E-state index contributed by atoms with van der Waals surface area (Å²) in [5.74, 6) is 0.886. The van der Waals surface area contributed by atoms with E-state index in [0.29, 0.717) is 19.1 Å². The zero-order valence-electron chi connectivity index (χ0n) is 11.1. The van der Waals surface area contributed by atoms with Crippen molar-refractivity contribution in [3.05, 3.63) is 22.6 Å². The van der Waals surface area contributed by atoms with Crippen LogP contribution in [0, 0.1) is 0 Å². The number of sulfonamides is 1. The largest absolute Gasteiger partial charge is 0.453 e. The van der Waals surface area contributed by atoms with Crippen LogP contribution in [0.5, 0.6) is 0 Å². The molecule has 1 aliphatic rings. The molecule has 2 rings (SSSR count). The van der Waals surface area contributed by atoms with Crippen molar-refractivity contribution in [3.8, 4) is 0 Å². The van der Waals surface area contributed by atoms with Crippen molar-refractivity contribution in [1.29, 1.82) is 0 Å². The number of furan rings is 1. The highest BCUT2D eigenvalue weighted by Crippen LogP contribution is 2.22. The third kappa shape index (κ3) is 4.05. The highest BCUT2D eigenvalue weighted by molar-refractivity contribution is 9.10. The van der Waals surface area contributed by atoms with Crippen molar-refractivity contribution in [2.24, 2.45) is 0 Å². The zero-order valence-corrected chi connectivity index (χ0v) is 13.5. The number of hydrogen-bond acceptors (Lipinski definition) is 4. The van der Waals surface area contributed by atoms with E-state index in [0.717, 1.165) is 23.3 Å². The van der Waals surface area contributed by atoms with Gasteiger partial charge in [0, 0.05) is 19.1 Å². The quantitative estimate of drug-likeness (QED) is 0.903. The molecule has 19 heavy (non-hydrogen) atoms. The van der Waals surface area contributed by atoms with Crippen molar-refractivity contribution in [2.75, 3.05) is 19.3 Å². The monoisotopic (exact) mass is 350 g/mol. The average Bonchev–Trinajstić information content (AvgIpc) is 2.75. The standard InChI is InChI=1S/C12H19BrN2O3S/c1-9(11-3-4-12(13)18-11)14-10-5-7-15(8-6-10)19(2,16)17/h3-4,9-10,14H,5-8H2,1-2H3. The fourth-order valence-corrected chi connectivity index (χ4v) is 3.54. The third-order valence-electron chi connectivity index (χ3n) is 3.43. The van der Waals surface area contributed by atoms with Crippen LogP contribution in [0.25, 0.3) is 0 Å². The predicted octanol–water partition coefficient (Wildman–Crippen LogP) is 2.12. The fraction of sp³-hybridized carbons (Fsp3) is 0.667. The van der Waals surface area contributed by atoms with Gasteiger partial charge >= 0.3 is 0 Å². The van der Waals surface area contributed by atoms with Crippen LogP contribution >= 0.6 is 15.9 Å². The van der Waals surface area contributed by atoms with Crippen molar-refractivity contribution >= 4 is 26.0 Å². The van der Waals surface area contributed by atoms with E-state index in [-0.39, 0.29) is 6.04 Å². The smallest absolute Gasteiger partial charge is 0.211 e. The van der Waals surface area contributed by atoms with E-state index in [9.17, 15) is 8.42 Å². The van der Waals surface area contributed by atoms with Gasteiger partial charge in [0.15, 0.2) is 4.67 Å². The lowest BCUT2D eigenvalue weighted by atomic mass is 10.1. The molecule has 1 unspecified atom stereocenters. The van der Waals surface area contributed by atoms with E-state index in [1.807, 2.05) is 19.1 Å². The Kier molecular flexibility index (Phi) is 4.70. The van der Waals surface area contributed by atoms with E-state index < -0.39 is 10.0 Å². The van der Waals surface area contributed by atoms with Crippen LogP contribution in [-0.4, -0.2) is 38.1 Å². The molecule has 0 bridgehead atoms. The van der Waals surface area contributed by atoms with Gasteiger partial charge in [0.25, 0.3) is 0 Å². The van der Waals surface area contributed by atoms with Gasteiger partial charge in [-0.05, 0) is 47.8 Å². The fourth-order valence-electron chi connectivity index (χ4n) is 2.35. The van der Waals surface area contributed by atoms with Crippen LogP contribution in [0.3, 0.4) is 0 Å². The first-order chi connectivity index (χ1) is 8.86. The molecule has 108 valence electrons. The van der Waals surface area contributed by atoms with Gasteiger partial charge in [-0.3, -0.25) is 0 Å². The summed E-state index contributed by atoms with van der Waals surface area (Å²) in [4.78, 5) is 0. The molecule has 0 radical (unpaired) electrons. The summed E-state index contributed by atoms with van der Waals surface area (Å²) in [6.45, 7) is 3.23. The van der Waals surface area contributed by atoms with E-state index in [1.165, 1.54) is 6.26 Å². The molecule has 0 aliphatic carbocycles. The molecule has 1 N–H and O–H groups in total. The highest BCUT2D eigenvalue weighted by atomic mass is 79.9. The summed E-state index contributed by atoms with van der Waals surface area (Å²) in [7, 11) is -3.05. The summed E-state index contributed by atoms with van der Waals surface area (Å²) < 4.78 is 30.6. The van der Waals surface area contributed by atoms with Gasteiger partial charge in [-0.25, -0.2) is 12.7 Å². The Morgan fingerprint density at radius 2 is 2.05 bits per heavy atom. The maximum absolute atomic E-state index is 11.4. The molecule has 0 aromatic carbocycles. The number of piperidine rings is 1. The third-order valence-corrected chi connectivity index (χ3v) is 5.16. The van der Waals surface area contributed by atoms with E-state index in [1.54, 1.807) is 4.31 Å². The van der Waals surface area contributed by atoms with Crippen molar-refractivity contribution < 1.29 is 12.8 Å². The van der Waals surface area contributed by atoms with Gasteiger partial charge in [0.05, 0.1) is 12.3 Å². The van der Waals surface area contributed by atoms with Gasteiger partial charge in [0.1, 0.15) is 5.76 Å². The Balaban J connectivity index is 1.86. The lowest BCUT2D eigenvalue weighted by Gasteiger charge is -2.32. The average molecular weight is 351 g/mol. The summed E-state index contributed by atoms with van der Waals surface area (Å²) in [5.41, 5.74) is 0. The highest BCUT2D eigenvalue weighted by Gasteiger charge is 2.26. The minimum Gasteiger partial charge on any atom is -0.453 e. The van der Waals surface area contributed by atoms with Crippen LogP contribution in [0.1, 0.15) is 31.6 Å². The Hall–Kier alpha value is -0.370. The van der Waals surface area contributed by atoms with Gasteiger partial charge in [-0.15, -0.1) is 0 Å². The molecule has 0 saturated carbocycles. The molecule has 1 saturated heterocycles. The van der Waals surface area contributed by atoms with Crippen molar-refractivity contribution in [1.82, 2.24) is 9.62 Å². The second kappa shape index (κ2) is 5.95. The molecular formula is C12H19BrN2O3S. The minimum atomic E-state index is -3.05. The van der Waals surface area contributed by atoms with Gasteiger partial charge in [0.2, 0.25) is 10.0 Å². The summed E-state index contributed by atoms with van der Waals surface area (Å²) in [5, 5.41) is 3.48. The molecule has 0 amide bonds. The normalized spacial score (nSPS) is 20.6. The molecule has 1 aliphatic heterocycles. The first kappa shape index (κ1) is 15.0. The summed E-state index contributed by atoms with van der Waals surface area (Å²) >= 11 is 3.29. The lowest BCUT2D eigenvalue weighted by molar-refractivity contribution is 0.268. The van der Waals surface area contributed by atoms with E-state index in [2.05, 4.69) is 21.2 Å². The molecule has 1 aromatic rings. The molecular weight excluding hydrogens is 332 g/mol. The molecule has 5 nitrogen and oxygen atoms in total. The van der Waals surface area contributed by atoms with Crippen LogP contribution in [0.15, 0.2) is 21.2 Å². The van der Waals surface area contributed by atoms with Crippen LogP contribution in [0.4, 0.5) is 0 Å². The molecule has 1 aromatic heterocycles. The van der Waals surface area contributed by atoms with Crippen LogP contribution in [-0.2, 0) is 10.0 Å². The van der Waals surface area contributed by atoms with Gasteiger partial charge in [-0.1, -0.05) is 0 Å². The second-order valence-corrected chi connectivity index (χ2v) is 7.73. The molecule has 0 spiro atoms. The maximum Gasteiger partial charge on any atom is 0.211 e. The Labute approximate surface area is 122 Å². The number of nitrogens with one attached hydrogen (secondary N) is 1. The van der Waals surface area contributed by atoms with E-state index >= 15 is 0 Å². The molecule has 1 fully saturated rings. The molecule has 2 heterocycles. The Morgan fingerprint density at radius 1 is 1.42 bits per heavy atom. The predicted molar refractivity (Wildman–Crippen MR) is 77.4 cm³/mol. The molecule has 1 atom stereocenters. The van der Waals surface area contributed by atoms with Gasteiger partial charge in [-0.2, -0.15) is 0 Å². The lowest BCUT2D eigenvalue weighted by Crippen LogP contribution is -2.45. The zero-order chi connectivity index (χ0) is 14.0. The first-order valence-electron chi connectivity index (χ1n) is 6.32. The van der Waals surface area contributed by atoms with E-state index in [4.69, 9.17) is 4.42 Å². The Morgan fingerprint density at radius 3 is 2.53 bits per heavy atom. The maximum atomic E-state index is 11.4. The Bertz CT molecular complexity index is 521. The number of rotatable bonds is 4. The van der Waals surface area contributed by atoms with Crippen molar-refractivity contribution in [2.45, 2.75) is 31.8 Å².